The molecule has 20 heavy (non-hydrogen) atoms. The number of thioether (sulfide) groups is 1. The monoisotopic (exact) mass is 349 g/mol. The maximum atomic E-state index is 11.8. The first-order valence-electron chi connectivity index (χ1n) is 5.03. The Bertz CT molecular complexity index is 531. The van der Waals surface area contributed by atoms with Crippen LogP contribution in [-0.2, 0) is 4.74 Å². The van der Waals surface area contributed by atoms with E-state index in [4.69, 9.17) is 33.2 Å². The SMILES string of the molecule is C=NC(=O)N(SC(OC)SC#N)c1cc(Cl)cc(Cl)c1. The number of anilines is 1. The number of amides is 2. The summed E-state index contributed by atoms with van der Waals surface area (Å²) in [6.07, 6.45) is 0. The molecule has 0 radical (unpaired) electrons. The van der Waals surface area contributed by atoms with E-state index in [9.17, 15) is 4.79 Å². The molecular formula is C11H9Cl2N3O2S2. The van der Waals surface area contributed by atoms with Crippen LogP contribution in [0.15, 0.2) is 23.2 Å². The quantitative estimate of drug-likeness (QED) is 0.341. The summed E-state index contributed by atoms with van der Waals surface area (Å²) in [6, 6.07) is 4.02. The van der Waals surface area contributed by atoms with E-state index in [2.05, 4.69) is 11.7 Å². The second-order valence-electron chi connectivity index (χ2n) is 3.20. The second-order valence-corrected chi connectivity index (χ2v) is 6.22. The molecule has 5 nitrogen and oxygen atoms in total. The highest BCUT2D eigenvalue weighted by Crippen LogP contribution is 2.35. The molecule has 0 aliphatic rings. The summed E-state index contributed by atoms with van der Waals surface area (Å²) in [4.78, 5) is 15.2. The number of nitrogens with zero attached hydrogens (tertiary/aromatic N) is 3. The molecule has 0 bridgehead atoms. The van der Waals surface area contributed by atoms with Crippen molar-refractivity contribution in [1.29, 1.82) is 5.26 Å². The number of thiocyanates is 1. The molecule has 106 valence electrons. The highest BCUT2D eigenvalue weighted by atomic mass is 35.5. The number of benzene rings is 1. The van der Waals surface area contributed by atoms with Gasteiger partial charge in [-0.15, -0.1) is 0 Å². The maximum Gasteiger partial charge on any atom is 0.357 e. The third-order valence-electron chi connectivity index (χ3n) is 1.92. The molecule has 0 spiro atoms. The number of aliphatic imine (C=N–C) groups is 1. The number of hydrogen-bond donors (Lipinski definition) is 0. The fourth-order valence-electron chi connectivity index (χ4n) is 1.18. The Hall–Kier alpha value is -0.910. The van der Waals surface area contributed by atoms with E-state index in [1.165, 1.54) is 11.4 Å². The first-order valence-corrected chi connectivity index (χ1v) is 7.50. The van der Waals surface area contributed by atoms with Crippen molar-refractivity contribution in [3.05, 3.63) is 28.2 Å². The summed E-state index contributed by atoms with van der Waals surface area (Å²) in [6.45, 7) is 3.20. The van der Waals surface area contributed by atoms with Gasteiger partial charge in [0.2, 0.25) is 0 Å². The molecule has 0 fully saturated rings. The number of nitriles is 1. The van der Waals surface area contributed by atoms with Crippen LogP contribution in [0.25, 0.3) is 0 Å². The zero-order valence-electron chi connectivity index (χ0n) is 10.2. The largest absolute Gasteiger partial charge is 0.358 e. The molecule has 0 aromatic heterocycles. The van der Waals surface area contributed by atoms with E-state index < -0.39 is 10.8 Å². The van der Waals surface area contributed by atoms with Gasteiger partial charge >= 0.3 is 6.03 Å². The number of ether oxygens (including phenoxy) is 1. The lowest BCUT2D eigenvalue weighted by Crippen LogP contribution is -2.23. The van der Waals surface area contributed by atoms with Gasteiger partial charge < -0.3 is 4.74 Å². The van der Waals surface area contributed by atoms with Gasteiger partial charge in [0, 0.05) is 29.1 Å². The number of methoxy groups -OCH3 is 1. The summed E-state index contributed by atoms with van der Waals surface area (Å²) >= 11 is 13.6. The first-order chi connectivity index (χ1) is 9.51. The van der Waals surface area contributed by atoms with Gasteiger partial charge in [-0.05, 0) is 36.7 Å². The van der Waals surface area contributed by atoms with Gasteiger partial charge in [0.15, 0.2) is 4.77 Å². The van der Waals surface area contributed by atoms with E-state index in [1.807, 2.05) is 5.40 Å². The Balaban J connectivity index is 3.09. The average Bonchev–Trinajstić information content (AvgIpc) is 2.41. The third kappa shape index (κ3) is 4.89. The Morgan fingerprint density at radius 2 is 2.10 bits per heavy atom. The van der Waals surface area contributed by atoms with Crippen molar-refractivity contribution >= 4 is 65.3 Å². The molecule has 9 heteroatoms. The third-order valence-corrected chi connectivity index (χ3v) is 4.34. The van der Waals surface area contributed by atoms with Gasteiger partial charge in [0.25, 0.3) is 0 Å². The number of carbonyl (C=O) groups excluding carboxylic acids is 1. The van der Waals surface area contributed by atoms with Gasteiger partial charge in [0.1, 0.15) is 5.40 Å². The van der Waals surface area contributed by atoms with E-state index in [-0.39, 0.29) is 0 Å². The molecule has 0 aliphatic carbocycles. The number of urea groups is 1. The fourth-order valence-corrected chi connectivity index (χ4v) is 3.07. The Morgan fingerprint density at radius 3 is 2.55 bits per heavy atom. The van der Waals surface area contributed by atoms with E-state index in [0.717, 1.165) is 23.7 Å². The maximum absolute atomic E-state index is 11.8. The Kier molecular flexibility index (Phi) is 7.19. The minimum atomic E-state index is -0.617. The van der Waals surface area contributed by atoms with Gasteiger partial charge in [-0.3, -0.25) is 0 Å². The van der Waals surface area contributed by atoms with Gasteiger partial charge in [-0.1, -0.05) is 23.2 Å². The molecule has 1 aromatic carbocycles. The minimum Gasteiger partial charge on any atom is -0.358 e. The van der Waals surface area contributed by atoms with E-state index in [1.54, 1.807) is 18.2 Å². The van der Waals surface area contributed by atoms with Crippen LogP contribution < -0.4 is 4.31 Å². The van der Waals surface area contributed by atoms with Crippen LogP contribution in [0.4, 0.5) is 10.5 Å². The van der Waals surface area contributed by atoms with Crippen molar-refractivity contribution in [3.63, 3.8) is 0 Å². The predicted octanol–water partition coefficient (Wildman–Crippen LogP) is 4.41. The number of hydrogen-bond acceptors (Lipinski definition) is 5. The molecule has 0 heterocycles. The standard InChI is InChI=1S/C11H9Cl2N3O2S2/c1-15-10(17)16(20-11(18-2)19-6-14)9-4-7(12)3-8(13)5-9/h3-5,11H,1H2,2H3. The molecule has 1 atom stereocenters. The molecule has 0 saturated heterocycles. The van der Waals surface area contributed by atoms with Crippen molar-refractivity contribution in [2.24, 2.45) is 4.99 Å². The van der Waals surface area contributed by atoms with Crippen LogP contribution in [0.5, 0.6) is 0 Å². The highest BCUT2D eigenvalue weighted by Gasteiger charge is 2.22. The molecular weight excluding hydrogens is 341 g/mol. The number of halogens is 2. The van der Waals surface area contributed by atoms with Crippen LogP contribution in [0.2, 0.25) is 10.0 Å². The lowest BCUT2D eigenvalue weighted by Gasteiger charge is -2.22. The zero-order chi connectivity index (χ0) is 15.1. The average molecular weight is 350 g/mol. The summed E-state index contributed by atoms with van der Waals surface area (Å²) in [5, 5.41) is 11.3. The van der Waals surface area contributed by atoms with Gasteiger partial charge in [-0.25, -0.2) is 14.1 Å². The summed E-state index contributed by atoms with van der Waals surface area (Å²) < 4.78 is 5.68. The van der Waals surface area contributed by atoms with E-state index >= 15 is 0 Å². The van der Waals surface area contributed by atoms with Gasteiger partial charge in [0.05, 0.1) is 5.69 Å². The first kappa shape index (κ1) is 17.1. The topological polar surface area (TPSA) is 65.7 Å². The molecule has 1 unspecified atom stereocenters. The predicted molar refractivity (Wildman–Crippen MR) is 85.5 cm³/mol. The van der Waals surface area contributed by atoms with Crippen LogP contribution in [0.1, 0.15) is 0 Å². The second kappa shape index (κ2) is 8.39. The Morgan fingerprint density at radius 1 is 1.50 bits per heavy atom. The van der Waals surface area contributed by atoms with Crippen molar-refractivity contribution in [3.8, 4) is 5.40 Å². The lowest BCUT2D eigenvalue weighted by atomic mass is 10.3. The smallest absolute Gasteiger partial charge is 0.357 e. The lowest BCUT2D eigenvalue weighted by molar-refractivity contribution is 0.235. The molecule has 1 aromatic rings. The van der Waals surface area contributed by atoms with Crippen LogP contribution in [0, 0.1) is 10.7 Å². The number of carbonyl (C=O) groups is 1. The van der Waals surface area contributed by atoms with E-state index in [0.29, 0.717) is 15.7 Å². The van der Waals surface area contributed by atoms with Crippen molar-refractivity contribution in [1.82, 2.24) is 0 Å². The van der Waals surface area contributed by atoms with Crippen molar-refractivity contribution in [2.45, 2.75) is 4.77 Å². The fraction of sp³-hybridized carbons (Fsp3) is 0.182. The molecule has 2 amide bonds. The van der Waals surface area contributed by atoms with Crippen molar-refractivity contribution in [2.75, 3.05) is 11.4 Å². The normalized spacial score (nSPS) is 11.5. The van der Waals surface area contributed by atoms with Crippen LogP contribution >= 0.6 is 46.9 Å². The van der Waals surface area contributed by atoms with Crippen molar-refractivity contribution < 1.29 is 9.53 Å². The molecule has 0 aliphatic heterocycles. The van der Waals surface area contributed by atoms with Crippen LogP contribution in [-0.4, -0.2) is 24.6 Å². The summed E-state index contributed by atoms with van der Waals surface area (Å²) in [7, 11) is 1.43. The molecule has 1 rings (SSSR count). The summed E-state index contributed by atoms with van der Waals surface area (Å²) in [5.41, 5.74) is 0.422. The minimum absolute atomic E-state index is 0.372. The highest BCUT2D eigenvalue weighted by molar-refractivity contribution is 8.19. The summed E-state index contributed by atoms with van der Waals surface area (Å²) in [5.74, 6) is 0. The van der Waals surface area contributed by atoms with Gasteiger partial charge in [-0.2, -0.15) is 5.26 Å². The molecule has 0 N–H and O–H groups in total. The Labute approximate surface area is 135 Å². The van der Waals surface area contributed by atoms with Crippen LogP contribution in [0.3, 0.4) is 0 Å². The number of rotatable bonds is 5. The molecule has 0 saturated carbocycles. The zero-order valence-corrected chi connectivity index (χ0v) is 13.4.